The van der Waals surface area contributed by atoms with Crippen molar-refractivity contribution in [2.45, 2.75) is 54.1 Å². The van der Waals surface area contributed by atoms with Gasteiger partial charge in [0, 0.05) is 6.61 Å². The monoisotopic (exact) mass is 236 g/mol. The van der Waals surface area contributed by atoms with Gasteiger partial charge < -0.3 is 4.74 Å². The lowest BCUT2D eigenvalue weighted by molar-refractivity contribution is 0.0893. The first-order chi connectivity index (χ1) is 8.22. The van der Waals surface area contributed by atoms with Crippen molar-refractivity contribution in [1.82, 2.24) is 0 Å². The molecule has 1 nitrogen and oxygen atoms in total. The van der Waals surface area contributed by atoms with E-state index in [0.717, 1.165) is 13.2 Å². The van der Waals surface area contributed by atoms with Crippen molar-refractivity contribution >= 4 is 0 Å². The molecule has 0 heterocycles. The average Bonchev–Trinajstić information content (AvgIpc) is 2.35. The van der Waals surface area contributed by atoms with Gasteiger partial charge in [0.1, 0.15) is 0 Å². The van der Waals surface area contributed by atoms with Crippen molar-refractivity contribution in [3.05, 3.63) is 35.4 Å². The molecule has 0 saturated heterocycles. The van der Waals surface area contributed by atoms with E-state index in [0.29, 0.717) is 5.92 Å². The Morgan fingerprint density at radius 1 is 1.12 bits per heavy atom. The number of benzene rings is 1. The van der Waals surface area contributed by atoms with E-state index in [-0.39, 0.29) is 0 Å². The lowest BCUT2D eigenvalue weighted by Crippen LogP contribution is -2.05. The van der Waals surface area contributed by atoms with Gasteiger partial charge in [-0.15, -0.1) is 0 Å². The summed E-state index contributed by atoms with van der Waals surface area (Å²) in [5, 5.41) is 0. The van der Waals surface area contributed by atoms with Gasteiger partial charge in [-0.2, -0.15) is 0 Å². The van der Waals surface area contributed by atoms with Gasteiger partial charge in [0.2, 0.25) is 0 Å². The summed E-state index contributed by atoms with van der Waals surface area (Å²) in [4.78, 5) is 0. The van der Waals surface area contributed by atoms with Crippen molar-refractivity contribution in [2.75, 3.05) is 6.61 Å². The highest BCUT2D eigenvalue weighted by Crippen LogP contribution is 2.08. The molecule has 1 aromatic carbocycles. The Kier molecular flexibility index (Phi) is 9.84. The van der Waals surface area contributed by atoms with Gasteiger partial charge in [0.05, 0.1) is 6.61 Å². The molecule has 0 fully saturated rings. The van der Waals surface area contributed by atoms with Gasteiger partial charge in [-0.1, -0.05) is 63.9 Å². The zero-order valence-corrected chi connectivity index (χ0v) is 12.1. The Balaban J connectivity index is 0.00000121. The molecule has 0 radical (unpaired) electrons. The standard InChI is InChI=1S/C14H22O.C2H6/c1-4-5-13(3)10-15-11-14-8-6-12(2)7-9-14;1-2/h6-9,13H,4-5,10-11H2,1-3H3;1-2H3. The van der Waals surface area contributed by atoms with E-state index in [9.17, 15) is 0 Å². The molecule has 1 unspecified atom stereocenters. The van der Waals surface area contributed by atoms with Crippen LogP contribution in [0.25, 0.3) is 0 Å². The molecule has 0 N–H and O–H groups in total. The summed E-state index contributed by atoms with van der Waals surface area (Å²) >= 11 is 0. The molecule has 0 aliphatic carbocycles. The normalized spacial score (nSPS) is 11.6. The molecule has 0 amide bonds. The number of hydrogen-bond donors (Lipinski definition) is 0. The van der Waals surface area contributed by atoms with Gasteiger partial charge in [0.15, 0.2) is 0 Å². The molecule has 1 aromatic rings. The van der Waals surface area contributed by atoms with Crippen LogP contribution in [0.2, 0.25) is 0 Å². The summed E-state index contributed by atoms with van der Waals surface area (Å²) in [5.41, 5.74) is 2.57. The Morgan fingerprint density at radius 2 is 1.71 bits per heavy atom. The summed E-state index contributed by atoms with van der Waals surface area (Å²) in [5.74, 6) is 0.681. The van der Waals surface area contributed by atoms with Crippen LogP contribution in [-0.2, 0) is 11.3 Å². The SMILES string of the molecule is CC.CCCC(C)COCc1ccc(C)cc1. The van der Waals surface area contributed by atoms with Gasteiger partial charge in [-0.3, -0.25) is 0 Å². The van der Waals surface area contributed by atoms with Gasteiger partial charge in [-0.05, 0) is 24.8 Å². The predicted octanol–water partition coefficient (Wildman–Crippen LogP) is 4.97. The molecule has 0 spiro atoms. The molecule has 1 atom stereocenters. The highest BCUT2D eigenvalue weighted by atomic mass is 16.5. The Hall–Kier alpha value is -0.820. The van der Waals surface area contributed by atoms with E-state index in [1.165, 1.54) is 24.0 Å². The van der Waals surface area contributed by atoms with Crippen LogP contribution < -0.4 is 0 Å². The molecule has 0 aliphatic heterocycles. The Bertz CT molecular complexity index is 263. The van der Waals surface area contributed by atoms with Crippen LogP contribution in [0.5, 0.6) is 0 Å². The molecule has 98 valence electrons. The van der Waals surface area contributed by atoms with E-state index >= 15 is 0 Å². The van der Waals surface area contributed by atoms with Crippen molar-refractivity contribution in [3.8, 4) is 0 Å². The van der Waals surface area contributed by atoms with Crippen molar-refractivity contribution in [3.63, 3.8) is 0 Å². The fourth-order valence-corrected chi connectivity index (χ4v) is 1.64. The van der Waals surface area contributed by atoms with Crippen LogP contribution in [0, 0.1) is 12.8 Å². The summed E-state index contributed by atoms with van der Waals surface area (Å²) < 4.78 is 5.67. The van der Waals surface area contributed by atoms with Crippen LogP contribution in [-0.4, -0.2) is 6.61 Å². The first kappa shape index (κ1) is 16.2. The molecule has 0 aromatic heterocycles. The summed E-state index contributed by atoms with van der Waals surface area (Å²) in [6.07, 6.45) is 2.50. The minimum atomic E-state index is 0.681. The van der Waals surface area contributed by atoms with E-state index in [4.69, 9.17) is 4.74 Å². The third-order valence-electron chi connectivity index (χ3n) is 2.57. The van der Waals surface area contributed by atoms with Crippen LogP contribution in [0.1, 0.15) is 51.7 Å². The highest BCUT2D eigenvalue weighted by Gasteiger charge is 2.00. The number of hydrogen-bond acceptors (Lipinski definition) is 1. The smallest absolute Gasteiger partial charge is 0.0717 e. The van der Waals surface area contributed by atoms with Crippen LogP contribution in [0.4, 0.5) is 0 Å². The molecule has 0 bridgehead atoms. The zero-order valence-electron chi connectivity index (χ0n) is 12.1. The Morgan fingerprint density at radius 3 is 2.24 bits per heavy atom. The molecule has 1 heteroatoms. The van der Waals surface area contributed by atoms with Crippen LogP contribution in [0.3, 0.4) is 0 Å². The van der Waals surface area contributed by atoms with E-state index < -0.39 is 0 Å². The molecule has 0 saturated carbocycles. The van der Waals surface area contributed by atoms with Crippen molar-refractivity contribution in [2.24, 2.45) is 5.92 Å². The summed E-state index contributed by atoms with van der Waals surface area (Å²) in [6.45, 7) is 12.2. The first-order valence-electron chi connectivity index (χ1n) is 6.85. The minimum Gasteiger partial charge on any atom is -0.376 e. The fraction of sp³-hybridized carbons (Fsp3) is 0.625. The predicted molar refractivity (Wildman–Crippen MR) is 76.3 cm³/mol. The highest BCUT2D eigenvalue weighted by molar-refractivity contribution is 5.20. The summed E-state index contributed by atoms with van der Waals surface area (Å²) in [6, 6.07) is 8.54. The van der Waals surface area contributed by atoms with Crippen molar-refractivity contribution in [1.29, 1.82) is 0 Å². The molecule has 17 heavy (non-hydrogen) atoms. The second-order valence-corrected chi connectivity index (χ2v) is 4.39. The maximum atomic E-state index is 5.67. The van der Waals surface area contributed by atoms with Crippen LogP contribution >= 0.6 is 0 Å². The quantitative estimate of drug-likeness (QED) is 0.677. The lowest BCUT2D eigenvalue weighted by atomic mass is 10.1. The van der Waals surface area contributed by atoms with Crippen LogP contribution in [0.15, 0.2) is 24.3 Å². The topological polar surface area (TPSA) is 9.23 Å². The third-order valence-corrected chi connectivity index (χ3v) is 2.57. The molecular formula is C16H28O. The second kappa shape index (κ2) is 10.3. The Labute approximate surface area is 107 Å². The maximum absolute atomic E-state index is 5.67. The number of aryl methyl sites for hydroxylation is 1. The molecule has 0 aliphatic rings. The number of rotatable bonds is 6. The molecular weight excluding hydrogens is 208 g/mol. The van der Waals surface area contributed by atoms with E-state index in [1.54, 1.807) is 0 Å². The van der Waals surface area contributed by atoms with Gasteiger partial charge in [0.25, 0.3) is 0 Å². The van der Waals surface area contributed by atoms with Gasteiger partial charge in [-0.25, -0.2) is 0 Å². The van der Waals surface area contributed by atoms with E-state index in [1.807, 2.05) is 13.8 Å². The second-order valence-electron chi connectivity index (χ2n) is 4.39. The van der Waals surface area contributed by atoms with E-state index in [2.05, 4.69) is 45.0 Å². The van der Waals surface area contributed by atoms with Crippen molar-refractivity contribution < 1.29 is 4.74 Å². The maximum Gasteiger partial charge on any atom is 0.0717 e. The largest absolute Gasteiger partial charge is 0.376 e. The zero-order chi connectivity index (χ0) is 13.1. The third kappa shape index (κ3) is 7.98. The lowest BCUT2D eigenvalue weighted by Gasteiger charge is -2.10. The fourth-order valence-electron chi connectivity index (χ4n) is 1.64. The summed E-state index contributed by atoms with van der Waals surface area (Å²) in [7, 11) is 0. The molecule has 1 rings (SSSR count). The minimum absolute atomic E-state index is 0.681. The van der Waals surface area contributed by atoms with Gasteiger partial charge >= 0.3 is 0 Å². The first-order valence-corrected chi connectivity index (χ1v) is 6.85. The average molecular weight is 236 g/mol. The number of ether oxygens (including phenoxy) is 1.